The van der Waals surface area contributed by atoms with Crippen LogP contribution in [-0.2, 0) is 19.3 Å². The highest BCUT2D eigenvalue weighted by molar-refractivity contribution is 7.98. The molecule has 0 atom stereocenters. The van der Waals surface area contributed by atoms with E-state index in [4.69, 9.17) is 9.47 Å². The van der Waals surface area contributed by atoms with Crippen LogP contribution in [0.25, 0.3) is 0 Å². The molecule has 0 N–H and O–H groups in total. The van der Waals surface area contributed by atoms with Gasteiger partial charge < -0.3 is 18.9 Å². The average Bonchev–Trinajstić information content (AvgIpc) is 3.46. The number of carbonyl (C=O) groups excluding carboxylic acids is 1. The molecule has 7 nitrogen and oxygen atoms in total. The molecule has 32 heavy (non-hydrogen) atoms. The van der Waals surface area contributed by atoms with Crippen LogP contribution >= 0.6 is 11.8 Å². The lowest BCUT2D eigenvalue weighted by molar-refractivity contribution is 0.0628. The minimum absolute atomic E-state index is 0.108. The molecule has 0 radical (unpaired) electrons. The monoisotopic (exact) mass is 450 g/mol. The van der Waals surface area contributed by atoms with Gasteiger partial charge in [0.05, 0.1) is 0 Å². The summed E-state index contributed by atoms with van der Waals surface area (Å²) in [6.07, 6.45) is 3.74. The third kappa shape index (κ3) is 4.61. The minimum atomic E-state index is 0.108. The third-order valence-electron chi connectivity index (χ3n) is 5.82. The maximum atomic E-state index is 13.1. The van der Waals surface area contributed by atoms with E-state index >= 15 is 0 Å². The van der Waals surface area contributed by atoms with Gasteiger partial charge in [0.2, 0.25) is 6.79 Å². The number of thioether (sulfide) groups is 1. The molecule has 3 aromatic rings. The number of aromatic nitrogens is 2. The van der Waals surface area contributed by atoms with Gasteiger partial charge in [0, 0.05) is 63.5 Å². The first-order valence-electron chi connectivity index (χ1n) is 10.7. The number of aryl methyl sites for hydroxylation is 1. The first-order chi connectivity index (χ1) is 15.7. The molecule has 2 aliphatic rings. The number of carbonyl (C=O) groups is 1. The van der Waals surface area contributed by atoms with Crippen LogP contribution in [0.3, 0.4) is 0 Å². The summed E-state index contributed by atoms with van der Waals surface area (Å²) in [6.45, 7) is 4.32. The quantitative estimate of drug-likeness (QED) is 0.537. The summed E-state index contributed by atoms with van der Waals surface area (Å²) in [7, 11) is 1.99. The van der Waals surface area contributed by atoms with Gasteiger partial charge in [-0.15, -0.1) is 0 Å². The summed E-state index contributed by atoms with van der Waals surface area (Å²) in [5.74, 6) is 2.52. The van der Waals surface area contributed by atoms with Crippen molar-refractivity contribution in [1.29, 1.82) is 0 Å². The lowest BCUT2D eigenvalue weighted by atomic mass is 10.1. The van der Waals surface area contributed by atoms with Crippen molar-refractivity contribution in [3.63, 3.8) is 0 Å². The van der Waals surface area contributed by atoms with Crippen LogP contribution in [0.15, 0.2) is 60.0 Å². The topological polar surface area (TPSA) is 59.8 Å². The normalized spacial score (nSPS) is 15.8. The van der Waals surface area contributed by atoms with Gasteiger partial charge in [-0.3, -0.25) is 9.69 Å². The summed E-state index contributed by atoms with van der Waals surface area (Å²) in [5, 5.41) is 0.973. The molecule has 0 unspecified atom stereocenters. The summed E-state index contributed by atoms with van der Waals surface area (Å²) >= 11 is 1.67. The van der Waals surface area contributed by atoms with Gasteiger partial charge >= 0.3 is 0 Å². The van der Waals surface area contributed by atoms with Crippen molar-refractivity contribution in [2.24, 2.45) is 7.05 Å². The van der Waals surface area contributed by atoms with Crippen molar-refractivity contribution in [1.82, 2.24) is 19.4 Å². The van der Waals surface area contributed by atoms with Gasteiger partial charge in [0.25, 0.3) is 5.91 Å². The van der Waals surface area contributed by atoms with Crippen LogP contribution < -0.4 is 9.47 Å². The zero-order valence-electron chi connectivity index (χ0n) is 18.1. The molecule has 5 rings (SSSR count). The van der Waals surface area contributed by atoms with Crippen LogP contribution in [0.1, 0.15) is 21.5 Å². The van der Waals surface area contributed by atoms with E-state index in [0.29, 0.717) is 6.79 Å². The number of imidazole rings is 1. The van der Waals surface area contributed by atoms with E-state index in [9.17, 15) is 4.79 Å². The van der Waals surface area contributed by atoms with Crippen molar-refractivity contribution < 1.29 is 14.3 Å². The van der Waals surface area contributed by atoms with Gasteiger partial charge in [0.1, 0.15) is 0 Å². The maximum absolute atomic E-state index is 13.1. The molecular formula is C24H26N4O3S. The van der Waals surface area contributed by atoms with E-state index < -0.39 is 0 Å². The maximum Gasteiger partial charge on any atom is 0.253 e. The van der Waals surface area contributed by atoms with Crippen molar-refractivity contribution in [3.05, 3.63) is 71.5 Å². The van der Waals surface area contributed by atoms with E-state index in [2.05, 4.69) is 22.0 Å². The summed E-state index contributed by atoms with van der Waals surface area (Å²) in [4.78, 5) is 21.8. The Morgan fingerprint density at radius 1 is 1.03 bits per heavy atom. The molecule has 1 fully saturated rings. The number of fused-ring (bicyclic) bond motifs is 1. The fraction of sp³-hybridized carbons (Fsp3) is 0.333. The highest BCUT2D eigenvalue weighted by Gasteiger charge is 2.23. The molecule has 2 aromatic carbocycles. The molecule has 8 heteroatoms. The molecule has 0 spiro atoms. The Morgan fingerprint density at radius 2 is 1.88 bits per heavy atom. The van der Waals surface area contributed by atoms with E-state index in [1.54, 1.807) is 18.0 Å². The molecule has 1 saturated heterocycles. The molecule has 166 valence electrons. The number of benzene rings is 2. The summed E-state index contributed by atoms with van der Waals surface area (Å²) in [5.41, 5.74) is 3.09. The number of rotatable bonds is 6. The second kappa shape index (κ2) is 9.26. The first kappa shape index (κ1) is 20.9. The minimum Gasteiger partial charge on any atom is -0.454 e. The van der Waals surface area contributed by atoms with Crippen molar-refractivity contribution >= 4 is 17.7 Å². The van der Waals surface area contributed by atoms with Gasteiger partial charge in [-0.25, -0.2) is 4.98 Å². The Bertz CT molecular complexity index is 1110. The van der Waals surface area contributed by atoms with Crippen LogP contribution in [-0.4, -0.2) is 58.2 Å². The second-order valence-corrected chi connectivity index (χ2v) is 9.01. The summed E-state index contributed by atoms with van der Waals surface area (Å²) in [6, 6.07) is 14.1. The van der Waals surface area contributed by atoms with Gasteiger partial charge in [0.15, 0.2) is 16.7 Å². The molecule has 1 amide bonds. The second-order valence-electron chi connectivity index (χ2n) is 8.07. The Hall–Kier alpha value is -2.97. The van der Waals surface area contributed by atoms with Crippen LogP contribution in [0, 0.1) is 0 Å². The third-order valence-corrected chi connectivity index (χ3v) is 6.95. The number of ether oxygens (including phenoxy) is 2. The number of piperazine rings is 1. The van der Waals surface area contributed by atoms with Crippen LogP contribution in [0.2, 0.25) is 0 Å². The summed E-state index contributed by atoms with van der Waals surface area (Å²) < 4.78 is 12.9. The fourth-order valence-electron chi connectivity index (χ4n) is 4.02. The molecule has 0 bridgehead atoms. The first-order valence-corrected chi connectivity index (χ1v) is 11.7. The Kier molecular flexibility index (Phi) is 6.05. The van der Waals surface area contributed by atoms with Gasteiger partial charge in [-0.2, -0.15) is 0 Å². The molecule has 2 aliphatic heterocycles. The number of amides is 1. The standard InChI is InChI=1S/C24H26N4O3S/c1-26-8-7-25-24(26)32-16-19-3-2-4-20(13-19)23(29)28-11-9-27(10-12-28)15-18-5-6-21-22(14-18)31-17-30-21/h2-8,13-14H,9-12,15-17H2,1H3. The Balaban J connectivity index is 1.15. The number of hydrogen-bond acceptors (Lipinski definition) is 6. The van der Waals surface area contributed by atoms with Crippen molar-refractivity contribution in [2.45, 2.75) is 17.5 Å². The number of hydrogen-bond donors (Lipinski definition) is 0. The predicted molar refractivity (Wildman–Crippen MR) is 123 cm³/mol. The van der Waals surface area contributed by atoms with Crippen LogP contribution in [0.5, 0.6) is 11.5 Å². The lowest BCUT2D eigenvalue weighted by Gasteiger charge is -2.34. The molecule has 1 aromatic heterocycles. The zero-order chi connectivity index (χ0) is 21.9. The smallest absolute Gasteiger partial charge is 0.253 e. The molecular weight excluding hydrogens is 424 g/mol. The van der Waals surface area contributed by atoms with Gasteiger partial charge in [-0.05, 0) is 35.4 Å². The van der Waals surface area contributed by atoms with Gasteiger partial charge in [-0.1, -0.05) is 30.0 Å². The zero-order valence-corrected chi connectivity index (χ0v) is 18.9. The molecule has 3 heterocycles. The number of nitrogens with zero attached hydrogens (tertiary/aromatic N) is 4. The molecule has 0 saturated carbocycles. The largest absolute Gasteiger partial charge is 0.454 e. The van der Waals surface area contributed by atoms with E-state index in [0.717, 1.165) is 66.3 Å². The van der Waals surface area contributed by atoms with Crippen molar-refractivity contribution in [2.75, 3.05) is 33.0 Å². The highest BCUT2D eigenvalue weighted by Crippen LogP contribution is 2.33. The highest BCUT2D eigenvalue weighted by atomic mass is 32.2. The van der Waals surface area contributed by atoms with E-state index in [1.807, 2.05) is 53.0 Å². The van der Waals surface area contributed by atoms with Crippen LogP contribution in [0.4, 0.5) is 0 Å². The SMILES string of the molecule is Cn1ccnc1SCc1cccc(C(=O)N2CCN(Cc3ccc4c(c3)OCO4)CC2)c1. The Morgan fingerprint density at radius 3 is 2.69 bits per heavy atom. The predicted octanol–water partition coefficient (Wildman–Crippen LogP) is 3.40. The van der Waals surface area contributed by atoms with E-state index in [1.165, 1.54) is 5.56 Å². The Labute approximate surface area is 191 Å². The van der Waals surface area contributed by atoms with E-state index in [-0.39, 0.29) is 5.91 Å². The molecule has 0 aliphatic carbocycles. The lowest BCUT2D eigenvalue weighted by Crippen LogP contribution is -2.48. The fourth-order valence-corrected chi connectivity index (χ4v) is 4.90. The average molecular weight is 451 g/mol. The van der Waals surface area contributed by atoms with Crippen molar-refractivity contribution in [3.8, 4) is 11.5 Å².